The van der Waals surface area contributed by atoms with Gasteiger partial charge >= 0.3 is 5.97 Å². The summed E-state index contributed by atoms with van der Waals surface area (Å²) in [4.78, 5) is 23.9. The number of rotatable bonds is 7. The van der Waals surface area contributed by atoms with E-state index >= 15 is 0 Å². The van der Waals surface area contributed by atoms with Crippen LogP contribution in [0.25, 0.3) is 0 Å². The molecule has 0 spiro atoms. The Balaban J connectivity index is 1.93. The first-order chi connectivity index (χ1) is 11.5. The minimum Gasteiger partial charge on any atom is -0.497 e. The third kappa shape index (κ3) is 4.83. The molecule has 2 aromatic rings. The summed E-state index contributed by atoms with van der Waals surface area (Å²) >= 11 is 3.30. The fraction of sp³-hybridized carbons (Fsp3) is 0.222. The molecule has 6 heteroatoms. The van der Waals surface area contributed by atoms with Crippen LogP contribution in [0.15, 0.2) is 46.9 Å². The van der Waals surface area contributed by atoms with E-state index in [2.05, 4.69) is 15.9 Å². The average molecular weight is 393 g/mol. The Bertz CT molecular complexity index is 725. The number of benzene rings is 2. The highest BCUT2D eigenvalue weighted by Crippen LogP contribution is 2.25. The van der Waals surface area contributed by atoms with Crippen LogP contribution in [-0.2, 0) is 16.0 Å². The van der Waals surface area contributed by atoms with Gasteiger partial charge in [-0.3, -0.25) is 9.59 Å². The highest BCUT2D eigenvalue weighted by atomic mass is 79.9. The van der Waals surface area contributed by atoms with Crippen molar-refractivity contribution < 1.29 is 23.8 Å². The van der Waals surface area contributed by atoms with E-state index in [1.54, 1.807) is 49.6 Å². The number of hydrogen-bond acceptors (Lipinski definition) is 5. The van der Waals surface area contributed by atoms with Crippen molar-refractivity contribution >= 4 is 27.7 Å². The van der Waals surface area contributed by atoms with E-state index in [1.807, 2.05) is 0 Å². The summed E-state index contributed by atoms with van der Waals surface area (Å²) < 4.78 is 16.3. The van der Waals surface area contributed by atoms with Crippen molar-refractivity contribution in [3.8, 4) is 11.5 Å². The molecule has 0 unspecified atom stereocenters. The van der Waals surface area contributed by atoms with E-state index < -0.39 is 5.97 Å². The molecular formula is C18H17BrO5. The van der Waals surface area contributed by atoms with Crippen LogP contribution in [0, 0.1) is 0 Å². The molecule has 2 rings (SSSR count). The summed E-state index contributed by atoms with van der Waals surface area (Å²) in [6.45, 7) is -0.293. The fourth-order valence-corrected chi connectivity index (χ4v) is 2.33. The number of halogens is 1. The second-order valence-electron chi connectivity index (χ2n) is 4.95. The summed E-state index contributed by atoms with van der Waals surface area (Å²) in [5.41, 5.74) is 1.16. The van der Waals surface area contributed by atoms with Crippen molar-refractivity contribution in [3.63, 3.8) is 0 Å². The quantitative estimate of drug-likeness (QED) is 0.533. The van der Waals surface area contributed by atoms with Gasteiger partial charge in [0.2, 0.25) is 0 Å². The molecular weight excluding hydrogens is 376 g/mol. The van der Waals surface area contributed by atoms with Crippen LogP contribution in [0.3, 0.4) is 0 Å². The minimum absolute atomic E-state index is 0.0147. The topological polar surface area (TPSA) is 61.8 Å². The van der Waals surface area contributed by atoms with Gasteiger partial charge in [-0.1, -0.05) is 34.1 Å². The average Bonchev–Trinajstić information content (AvgIpc) is 2.60. The predicted molar refractivity (Wildman–Crippen MR) is 92.7 cm³/mol. The number of ketones is 1. The molecule has 0 heterocycles. The van der Waals surface area contributed by atoms with Crippen LogP contribution in [0.5, 0.6) is 11.5 Å². The number of ether oxygens (including phenoxy) is 3. The van der Waals surface area contributed by atoms with Gasteiger partial charge < -0.3 is 14.2 Å². The largest absolute Gasteiger partial charge is 0.497 e. The van der Waals surface area contributed by atoms with Gasteiger partial charge in [0.1, 0.15) is 11.5 Å². The lowest BCUT2D eigenvalue weighted by Crippen LogP contribution is -2.16. The number of methoxy groups -OCH3 is 2. The molecule has 0 amide bonds. The number of hydrogen-bond donors (Lipinski definition) is 0. The van der Waals surface area contributed by atoms with Gasteiger partial charge in [-0.15, -0.1) is 0 Å². The van der Waals surface area contributed by atoms with Crippen LogP contribution >= 0.6 is 15.9 Å². The van der Waals surface area contributed by atoms with E-state index in [0.717, 1.165) is 4.47 Å². The summed E-state index contributed by atoms with van der Waals surface area (Å²) in [6.07, 6.45) is 0.0147. The molecule has 0 saturated heterocycles. The van der Waals surface area contributed by atoms with Gasteiger partial charge in [0, 0.05) is 21.7 Å². The number of Topliss-reactive ketones (excluding diaryl/α,β-unsaturated/α-hetero) is 1. The summed E-state index contributed by atoms with van der Waals surface area (Å²) in [6, 6.07) is 12.0. The predicted octanol–water partition coefficient (Wildman–Crippen LogP) is 3.43. The highest BCUT2D eigenvalue weighted by molar-refractivity contribution is 9.10. The molecule has 126 valence electrons. The molecule has 0 fully saturated rings. The maximum absolute atomic E-state index is 12.0. The Morgan fingerprint density at radius 3 is 2.33 bits per heavy atom. The fourth-order valence-electron chi connectivity index (χ4n) is 2.07. The Hall–Kier alpha value is -2.34. The number of carbonyl (C=O) groups is 2. The van der Waals surface area contributed by atoms with Crippen molar-refractivity contribution in [1.29, 1.82) is 0 Å². The lowest BCUT2D eigenvalue weighted by Gasteiger charge is -2.10. The Kier molecular flexibility index (Phi) is 6.37. The molecule has 2 aromatic carbocycles. The molecule has 0 aromatic heterocycles. The summed E-state index contributed by atoms with van der Waals surface area (Å²) in [5, 5.41) is 0. The van der Waals surface area contributed by atoms with E-state index in [9.17, 15) is 9.59 Å². The van der Waals surface area contributed by atoms with Crippen molar-refractivity contribution in [1.82, 2.24) is 0 Å². The van der Waals surface area contributed by atoms with E-state index in [0.29, 0.717) is 22.6 Å². The van der Waals surface area contributed by atoms with Crippen LogP contribution in [0.1, 0.15) is 15.9 Å². The van der Waals surface area contributed by atoms with Crippen LogP contribution in [0.4, 0.5) is 0 Å². The molecule has 24 heavy (non-hydrogen) atoms. The second kappa shape index (κ2) is 8.49. The molecule has 0 N–H and O–H groups in total. The molecule has 5 nitrogen and oxygen atoms in total. The van der Waals surface area contributed by atoms with Gasteiger partial charge in [0.15, 0.2) is 12.4 Å². The van der Waals surface area contributed by atoms with Gasteiger partial charge in [-0.05, 0) is 18.2 Å². The van der Waals surface area contributed by atoms with Crippen LogP contribution in [-0.4, -0.2) is 32.6 Å². The van der Waals surface area contributed by atoms with Crippen molar-refractivity contribution in [3.05, 3.63) is 58.1 Å². The van der Waals surface area contributed by atoms with E-state index in [1.165, 1.54) is 7.11 Å². The lowest BCUT2D eigenvalue weighted by molar-refractivity contribution is -0.141. The molecule has 0 aliphatic carbocycles. The second-order valence-corrected chi connectivity index (χ2v) is 5.86. The third-order valence-corrected chi connectivity index (χ3v) is 3.89. The van der Waals surface area contributed by atoms with Crippen molar-refractivity contribution in [2.75, 3.05) is 20.8 Å². The SMILES string of the molecule is COc1ccc(CC(=O)OCC(=O)c2ccc(Br)cc2)c(OC)c1. The maximum Gasteiger partial charge on any atom is 0.310 e. The maximum atomic E-state index is 12.0. The first-order valence-electron chi connectivity index (χ1n) is 7.18. The zero-order chi connectivity index (χ0) is 17.5. The smallest absolute Gasteiger partial charge is 0.310 e. The zero-order valence-electron chi connectivity index (χ0n) is 13.4. The lowest BCUT2D eigenvalue weighted by atomic mass is 10.1. The zero-order valence-corrected chi connectivity index (χ0v) is 15.0. The molecule has 0 aliphatic heterocycles. The Morgan fingerprint density at radius 1 is 1.00 bits per heavy atom. The van der Waals surface area contributed by atoms with Gasteiger partial charge in [-0.25, -0.2) is 0 Å². The normalized spacial score (nSPS) is 10.1. The molecule has 0 saturated carbocycles. The first kappa shape index (κ1) is 18.0. The minimum atomic E-state index is -0.496. The number of carbonyl (C=O) groups excluding carboxylic acids is 2. The van der Waals surface area contributed by atoms with Crippen molar-refractivity contribution in [2.45, 2.75) is 6.42 Å². The molecule has 0 radical (unpaired) electrons. The van der Waals surface area contributed by atoms with Crippen LogP contribution in [0.2, 0.25) is 0 Å². The van der Waals surface area contributed by atoms with E-state index in [-0.39, 0.29) is 18.8 Å². The third-order valence-electron chi connectivity index (χ3n) is 3.36. The van der Waals surface area contributed by atoms with Crippen LogP contribution < -0.4 is 9.47 Å². The van der Waals surface area contributed by atoms with Gasteiger partial charge in [0.25, 0.3) is 0 Å². The first-order valence-corrected chi connectivity index (χ1v) is 7.98. The van der Waals surface area contributed by atoms with Crippen molar-refractivity contribution in [2.24, 2.45) is 0 Å². The van der Waals surface area contributed by atoms with Gasteiger partial charge in [0.05, 0.1) is 20.6 Å². The molecule has 0 atom stereocenters. The monoisotopic (exact) mass is 392 g/mol. The Labute approximate surface area is 148 Å². The molecule has 0 bridgehead atoms. The number of esters is 1. The molecule has 0 aliphatic rings. The summed E-state index contributed by atoms with van der Waals surface area (Å²) in [5.74, 6) is 0.418. The summed E-state index contributed by atoms with van der Waals surface area (Å²) in [7, 11) is 3.07. The highest BCUT2D eigenvalue weighted by Gasteiger charge is 2.13. The van der Waals surface area contributed by atoms with E-state index in [4.69, 9.17) is 14.2 Å². The van der Waals surface area contributed by atoms with Gasteiger partial charge in [-0.2, -0.15) is 0 Å². The Morgan fingerprint density at radius 2 is 1.71 bits per heavy atom. The standard InChI is InChI=1S/C18H17BrO5/c1-22-15-8-5-13(17(10-15)23-2)9-18(21)24-11-16(20)12-3-6-14(19)7-4-12/h3-8,10H,9,11H2,1-2H3.